The van der Waals surface area contributed by atoms with Gasteiger partial charge in [0.05, 0.1) is 12.8 Å². The summed E-state index contributed by atoms with van der Waals surface area (Å²) in [5.41, 5.74) is 3.50. The fourth-order valence-corrected chi connectivity index (χ4v) is 2.48. The predicted molar refractivity (Wildman–Crippen MR) is 85.8 cm³/mol. The summed E-state index contributed by atoms with van der Waals surface area (Å²) in [7, 11) is 3.69. The van der Waals surface area contributed by atoms with E-state index < -0.39 is 0 Å². The zero-order valence-electron chi connectivity index (χ0n) is 13.6. The Kier molecular flexibility index (Phi) is 5.02. The zero-order chi connectivity index (χ0) is 15.4. The van der Waals surface area contributed by atoms with Crippen molar-refractivity contribution in [3.8, 4) is 5.75 Å². The monoisotopic (exact) mass is 287 g/mol. The maximum atomic E-state index is 5.50. The molecule has 0 radical (unpaired) electrons. The van der Waals surface area contributed by atoms with E-state index in [1.54, 1.807) is 7.11 Å². The third kappa shape index (κ3) is 3.64. The van der Waals surface area contributed by atoms with Crippen molar-refractivity contribution in [1.29, 1.82) is 0 Å². The number of likely N-dealkylation sites (N-methyl/N-ethyl adjacent to an activating group) is 1. The lowest BCUT2D eigenvalue weighted by Gasteiger charge is -2.19. The molecule has 0 aliphatic heterocycles. The van der Waals surface area contributed by atoms with E-state index in [0.29, 0.717) is 6.04 Å². The van der Waals surface area contributed by atoms with Crippen LogP contribution in [0, 0.1) is 6.92 Å². The van der Waals surface area contributed by atoms with Gasteiger partial charge in [0.25, 0.3) is 0 Å². The van der Waals surface area contributed by atoms with Crippen LogP contribution in [0.3, 0.4) is 0 Å². The van der Waals surface area contributed by atoms with Crippen LogP contribution in [-0.4, -0.2) is 23.9 Å². The smallest absolute Gasteiger partial charge is 0.123 e. The molecular formula is C17H25N3O. The summed E-state index contributed by atoms with van der Waals surface area (Å²) in [4.78, 5) is 0. The van der Waals surface area contributed by atoms with E-state index in [9.17, 15) is 0 Å². The van der Waals surface area contributed by atoms with Gasteiger partial charge in [0.2, 0.25) is 0 Å². The van der Waals surface area contributed by atoms with E-state index in [0.717, 1.165) is 17.9 Å². The molecule has 0 saturated heterocycles. The molecule has 1 heterocycles. The Bertz CT molecular complexity index is 589. The summed E-state index contributed by atoms with van der Waals surface area (Å²) in [5, 5.41) is 8.01. The molecule has 1 atom stereocenters. The first kappa shape index (κ1) is 15.6. The Balaban J connectivity index is 2.25. The minimum absolute atomic E-state index is 0.190. The van der Waals surface area contributed by atoms with Gasteiger partial charge in [0, 0.05) is 30.3 Å². The van der Waals surface area contributed by atoms with Gasteiger partial charge >= 0.3 is 0 Å². The first-order valence-corrected chi connectivity index (χ1v) is 7.41. The summed E-state index contributed by atoms with van der Waals surface area (Å²) >= 11 is 0. The summed E-state index contributed by atoms with van der Waals surface area (Å²) in [6.45, 7) is 6.37. The molecule has 2 aromatic rings. The summed E-state index contributed by atoms with van der Waals surface area (Å²) in [6, 6.07) is 8.95. The van der Waals surface area contributed by atoms with Crippen LogP contribution in [0.1, 0.15) is 42.8 Å². The first-order valence-electron chi connectivity index (χ1n) is 7.41. The molecule has 1 N–H and O–H groups in total. The zero-order valence-corrected chi connectivity index (χ0v) is 13.6. The van der Waals surface area contributed by atoms with Gasteiger partial charge in [-0.2, -0.15) is 5.10 Å². The lowest BCUT2D eigenvalue weighted by molar-refractivity contribution is 0.400. The third-order valence-corrected chi connectivity index (χ3v) is 3.71. The molecular weight excluding hydrogens is 262 g/mol. The number of aromatic nitrogens is 2. The average molecular weight is 287 g/mol. The molecule has 114 valence electrons. The van der Waals surface area contributed by atoms with Gasteiger partial charge in [-0.25, -0.2) is 0 Å². The topological polar surface area (TPSA) is 39.1 Å². The van der Waals surface area contributed by atoms with Gasteiger partial charge in [-0.1, -0.05) is 17.7 Å². The minimum atomic E-state index is 0.190. The molecule has 1 aromatic heterocycles. The second-order valence-electron chi connectivity index (χ2n) is 5.67. The number of aryl methyl sites for hydroxylation is 1. The van der Waals surface area contributed by atoms with Crippen molar-refractivity contribution in [2.45, 2.75) is 39.3 Å². The van der Waals surface area contributed by atoms with Gasteiger partial charge in [-0.05, 0) is 40.0 Å². The molecule has 21 heavy (non-hydrogen) atoms. The van der Waals surface area contributed by atoms with Crippen molar-refractivity contribution in [3.63, 3.8) is 0 Å². The standard InChI is InChI=1S/C17H25N3O/c1-12(2)20-9-8-14(19-20)11-16(18-4)15-10-13(3)6-7-17(15)21-5/h6-10,12,16,18H,11H2,1-5H3. The normalized spacial score (nSPS) is 12.7. The predicted octanol–water partition coefficient (Wildman–Crippen LogP) is 3.28. The largest absolute Gasteiger partial charge is 0.496 e. The highest BCUT2D eigenvalue weighted by molar-refractivity contribution is 5.39. The second kappa shape index (κ2) is 6.76. The van der Waals surface area contributed by atoms with Crippen LogP contribution in [0.5, 0.6) is 5.75 Å². The molecule has 0 aliphatic carbocycles. The van der Waals surface area contributed by atoms with Crippen LogP contribution in [0.2, 0.25) is 0 Å². The molecule has 0 spiro atoms. The highest BCUT2D eigenvalue weighted by Crippen LogP contribution is 2.28. The number of rotatable bonds is 6. The summed E-state index contributed by atoms with van der Waals surface area (Å²) in [5.74, 6) is 0.920. The van der Waals surface area contributed by atoms with Crippen molar-refractivity contribution >= 4 is 0 Å². The van der Waals surface area contributed by atoms with Crippen LogP contribution in [0.25, 0.3) is 0 Å². The summed E-state index contributed by atoms with van der Waals surface area (Å²) < 4.78 is 7.49. The van der Waals surface area contributed by atoms with Crippen LogP contribution >= 0.6 is 0 Å². The third-order valence-electron chi connectivity index (χ3n) is 3.71. The van der Waals surface area contributed by atoms with Crippen LogP contribution < -0.4 is 10.1 Å². The quantitative estimate of drug-likeness (QED) is 0.886. The second-order valence-corrected chi connectivity index (χ2v) is 5.67. The maximum absolute atomic E-state index is 5.50. The first-order chi connectivity index (χ1) is 10.0. The minimum Gasteiger partial charge on any atom is -0.496 e. The Labute approximate surface area is 127 Å². The Morgan fingerprint density at radius 1 is 1.29 bits per heavy atom. The number of hydrogen-bond acceptors (Lipinski definition) is 3. The number of hydrogen-bond donors (Lipinski definition) is 1. The average Bonchev–Trinajstić information content (AvgIpc) is 2.93. The molecule has 0 aliphatic rings. The SMILES string of the molecule is CNC(Cc1ccn(C(C)C)n1)c1cc(C)ccc1OC. The van der Waals surface area contributed by atoms with Crippen LogP contribution in [-0.2, 0) is 6.42 Å². The summed E-state index contributed by atoms with van der Waals surface area (Å²) in [6.07, 6.45) is 2.89. The molecule has 1 aromatic carbocycles. The number of ether oxygens (including phenoxy) is 1. The van der Waals surface area contributed by atoms with Crippen molar-refractivity contribution in [3.05, 3.63) is 47.3 Å². The van der Waals surface area contributed by atoms with Gasteiger partial charge in [0.15, 0.2) is 0 Å². The van der Waals surface area contributed by atoms with E-state index in [1.807, 2.05) is 24.0 Å². The lowest BCUT2D eigenvalue weighted by Crippen LogP contribution is -2.20. The highest BCUT2D eigenvalue weighted by Gasteiger charge is 2.17. The van der Waals surface area contributed by atoms with Crippen molar-refractivity contribution < 1.29 is 4.74 Å². The Hall–Kier alpha value is -1.81. The van der Waals surface area contributed by atoms with Crippen molar-refractivity contribution in [1.82, 2.24) is 15.1 Å². The van der Waals surface area contributed by atoms with Crippen LogP contribution in [0.4, 0.5) is 0 Å². The highest BCUT2D eigenvalue weighted by atomic mass is 16.5. The molecule has 0 fully saturated rings. The van der Waals surface area contributed by atoms with E-state index in [2.05, 4.69) is 49.4 Å². The van der Waals surface area contributed by atoms with Gasteiger partial charge in [-0.3, -0.25) is 4.68 Å². The fraction of sp³-hybridized carbons (Fsp3) is 0.471. The van der Waals surface area contributed by atoms with E-state index in [4.69, 9.17) is 4.74 Å². The maximum Gasteiger partial charge on any atom is 0.123 e. The molecule has 4 heteroatoms. The molecule has 2 rings (SSSR count). The molecule has 0 bridgehead atoms. The molecule has 0 amide bonds. The van der Waals surface area contributed by atoms with Crippen molar-refractivity contribution in [2.75, 3.05) is 14.2 Å². The van der Waals surface area contributed by atoms with Gasteiger partial charge in [-0.15, -0.1) is 0 Å². The van der Waals surface area contributed by atoms with Gasteiger partial charge in [0.1, 0.15) is 5.75 Å². The molecule has 0 saturated carbocycles. The van der Waals surface area contributed by atoms with E-state index >= 15 is 0 Å². The number of methoxy groups -OCH3 is 1. The molecule has 1 unspecified atom stereocenters. The molecule has 4 nitrogen and oxygen atoms in total. The van der Waals surface area contributed by atoms with E-state index in [1.165, 1.54) is 11.1 Å². The number of benzene rings is 1. The Morgan fingerprint density at radius 3 is 2.62 bits per heavy atom. The lowest BCUT2D eigenvalue weighted by atomic mass is 9.99. The van der Waals surface area contributed by atoms with Crippen molar-refractivity contribution in [2.24, 2.45) is 0 Å². The van der Waals surface area contributed by atoms with Crippen LogP contribution in [0.15, 0.2) is 30.5 Å². The number of nitrogens with one attached hydrogen (secondary N) is 1. The number of nitrogens with zero attached hydrogens (tertiary/aromatic N) is 2. The fourth-order valence-electron chi connectivity index (χ4n) is 2.48. The van der Waals surface area contributed by atoms with E-state index in [-0.39, 0.29) is 6.04 Å². The Morgan fingerprint density at radius 2 is 2.05 bits per heavy atom. The van der Waals surface area contributed by atoms with Gasteiger partial charge < -0.3 is 10.1 Å².